The molecule has 14 heavy (non-hydrogen) atoms. The number of amides is 1. The predicted octanol–water partition coefficient (Wildman–Crippen LogP) is -0.0120. The van der Waals surface area contributed by atoms with Crippen molar-refractivity contribution in [3.05, 3.63) is 6.33 Å². The number of tetrazole rings is 1. The van der Waals surface area contributed by atoms with E-state index in [-0.39, 0.29) is 6.04 Å². The van der Waals surface area contributed by atoms with Gasteiger partial charge >= 0.3 is 6.09 Å². The van der Waals surface area contributed by atoms with E-state index in [4.69, 9.17) is 5.11 Å². The van der Waals surface area contributed by atoms with E-state index in [1.807, 2.05) is 0 Å². The number of rotatable bonds is 1. The molecule has 76 valence electrons. The monoisotopic (exact) mass is 197 g/mol. The molecule has 0 bridgehead atoms. The molecule has 1 aliphatic heterocycles. The second-order valence-corrected chi connectivity index (χ2v) is 3.29. The van der Waals surface area contributed by atoms with Gasteiger partial charge in [0.25, 0.3) is 0 Å². The third kappa shape index (κ3) is 1.66. The van der Waals surface area contributed by atoms with Crippen LogP contribution in [0.5, 0.6) is 0 Å². The van der Waals surface area contributed by atoms with E-state index < -0.39 is 6.09 Å². The lowest BCUT2D eigenvalue weighted by Gasteiger charge is -2.29. The van der Waals surface area contributed by atoms with Gasteiger partial charge in [-0.3, -0.25) is 0 Å². The molecular formula is C7H11N5O2. The fraction of sp³-hybridized carbons (Fsp3) is 0.714. The molecule has 0 spiro atoms. The van der Waals surface area contributed by atoms with Gasteiger partial charge < -0.3 is 10.0 Å². The van der Waals surface area contributed by atoms with Gasteiger partial charge in [-0.05, 0) is 23.3 Å². The molecule has 2 heterocycles. The Kier molecular flexibility index (Phi) is 2.30. The van der Waals surface area contributed by atoms with Gasteiger partial charge in [-0.1, -0.05) is 0 Å². The van der Waals surface area contributed by atoms with E-state index >= 15 is 0 Å². The number of aromatic nitrogens is 4. The molecule has 1 aromatic heterocycles. The summed E-state index contributed by atoms with van der Waals surface area (Å²) in [7, 11) is 0. The zero-order valence-electron chi connectivity index (χ0n) is 7.57. The van der Waals surface area contributed by atoms with Crippen LogP contribution in [-0.4, -0.2) is 49.4 Å². The molecule has 1 amide bonds. The van der Waals surface area contributed by atoms with Gasteiger partial charge in [-0.15, -0.1) is 5.10 Å². The van der Waals surface area contributed by atoms with Crippen LogP contribution in [0.15, 0.2) is 6.33 Å². The lowest BCUT2D eigenvalue weighted by Crippen LogP contribution is -2.38. The molecular weight excluding hydrogens is 186 g/mol. The topological polar surface area (TPSA) is 84.1 Å². The van der Waals surface area contributed by atoms with Gasteiger partial charge in [-0.25, -0.2) is 9.48 Å². The first-order chi connectivity index (χ1) is 6.77. The van der Waals surface area contributed by atoms with Crippen molar-refractivity contribution in [2.75, 3.05) is 13.1 Å². The molecule has 1 aromatic rings. The number of hydrogen-bond acceptors (Lipinski definition) is 4. The third-order valence-electron chi connectivity index (χ3n) is 2.47. The summed E-state index contributed by atoms with van der Waals surface area (Å²) in [5, 5.41) is 19.6. The van der Waals surface area contributed by atoms with Gasteiger partial charge in [0.15, 0.2) is 0 Å². The molecule has 1 saturated heterocycles. The number of hydrogen-bond donors (Lipinski definition) is 1. The molecule has 1 aliphatic rings. The largest absolute Gasteiger partial charge is 0.465 e. The van der Waals surface area contributed by atoms with Crippen LogP contribution < -0.4 is 0 Å². The molecule has 0 atom stereocenters. The van der Waals surface area contributed by atoms with E-state index in [2.05, 4.69) is 15.5 Å². The highest BCUT2D eigenvalue weighted by Crippen LogP contribution is 2.20. The molecule has 0 radical (unpaired) electrons. The average molecular weight is 197 g/mol. The summed E-state index contributed by atoms with van der Waals surface area (Å²) >= 11 is 0. The maximum atomic E-state index is 10.6. The summed E-state index contributed by atoms with van der Waals surface area (Å²) in [6.07, 6.45) is 2.27. The second kappa shape index (κ2) is 3.60. The quantitative estimate of drug-likeness (QED) is 0.684. The Morgan fingerprint density at radius 2 is 2.14 bits per heavy atom. The van der Waals surface area contributed by atoms with Crippen LogP contribution in [0.25, 0.3) is 0 Å². The smallest absolute Gasteiger partial charge is 0.407 e. The number of piperidine rings is 1. The Balaban J connectivity index is 1.93. The highest BCUT2D eigenvalue weighted by atomic mass is 16.4. The summed E-state index contributed by atoms with van der Waals surface area (Å²) in [5.41, 5.74) is 0. The number of carboxylic acid groups (broad SMARTS) is 1. The van der Waals surface area contributed by atoms with Crippen molar-refractivity contribution < 1.29 is 9.90 Å². The normalized spacial score (nSPS) is 18.4. The molecule has 1 fully saturated rings. The molecule has 1 N–H and O–H groups in total. The fourth-order valence-electron chi connectivity index (χ4n) is 1.66. The molecule has 0 aromatic carbocycles. The molecule has 7 nitrogen and oxygen atoms in total. The SMILES string of the molecule is O=C(O)N1CCC(n2cnnn2)CC1. The van der Waals surface area contributed by atoms with Crippen molar-refractivity contribution in [3.63, 3.8) is 0 Å². The van der Waals surface area contributed by atoms with E-state index in [0.717, 1.165) is 12.8 Å². The van der Waals surface area contributed by atoms with Gasteiger partial charge in [0, 0.05) is 13.1 Å². The molecule has 0 aliphatic carbocycles. The molecule has 0 unspecified atom stereocenters. The summed E-state index contributed by atoms with van der Waals surface area (Å²) in [4.78, 5) is 12.0. The first-order valence-corrected chi connectivity index (χ1v) is 4.47. The Morgan fingerprint density at radius 1 is 1.43 bits per heavy atom. The lowest BCUT2D eigenvalue weighted by molar-refractivity contribution is 0.123. The number of likely N-dealkylation sites (tertiary alicyclic amines) is 1. The first kappa shape index (κ1) is 8.92. The van der Waals surface area contributed by atoms with Crippen molar-refractivity contribution in [3.8, 4) is 0 Å². The van der Waals surface area contributed by atoms with Crippen molar-refractivity contribution in [2.45, 2.75) is 18.9 Å². The van der Waals surface area contributed by atoms with Crippen LogP contribution in [0.3, 0.4) is 0 Å². The number of nitrogens with zero attached hydrogens (tertiary/aromatic N) is 5. The second-order valence-electron chi connectivity index (χ2n) is 3.29. The fourth-order valence-corrected chi connectivity index (χ4v) is 1.66. The van der Waals surface area contributed by atoms with Crippen LogP contribution in [-0.2, 0) is 0 Å². The standard InChI is InChI=1S/C7H11N5O2/c13-7(14)11-3-1-6(2-4-11)12-5-8-9-10-12/h5-6H,1-4H2,(H,13,14). The summed E-state index contributed by atoms with van der Waals surface area (Å²) in [6, 6.07) is 0.237. The highest BCUT2D eigenvalue weighted by Gasteiger charge is 2.23. The van der Waals surface area contributed by atoms with E-state index in [9.17, 15) is 4.79 Å². The van der Waals surface area contributed by atoms with Gasteiger partial charge in [-0.2, -0.15) is 0 Å². The third-order valence-corrected chi connectivity index (χ3v) is 2.47. The number of carbonyl (C=O) groups is 1. The summed E-state index contributed by atoms with van der Waals surface area (Å²) < 4.78 is 1.69. The lowest BCUT2D eigenvalue weighted by atomic mass is 10.1. The van der Waals surface area contributed by atoms with Crippen LogP contribution in [0.2, 0.25) is 0 Å². The minimum Gasteiger partial charge on any atom is -0.465 e. The average Bonchev–Trinajstić information content (AvgIpc) is 2.71. The van der Waals surface area contributed by atoms with Crippen LogP contribution >= 0.6 is 0 Å². The summed E-state index contributed by atoms with van der Waals surface area (Å²) in [6.45, 7) is 1.11. The maximum absolute atomic E-state index is 10.6. The van der Waals surface area contributed by atoms with Gasteiger partial charge in [0.1, 0.15) is 6.33 Å². The minimum atomic E-state index is -0.847. The Morgan fingerprint density at radius 3 is 2.64 bits per heavy atom. The molecule has 7 heteroatoms. The van der Waals surface area contributed by atoms with Crippen LogP contribution in [0.1, 0.15) is 18.9 Å². The first-order valence-electron chi connectivity index (χ1n) is 4.47. The summed E-state index contributed by atoms with van der Waals surface area (Å²) in [5.74, 6) is 0. The maximum Gasteiger partial charge on any atom is 0.407 e. The van der Waals surface area contributed by atoms with Crippen molar-refractivity contribution >= 4 is 6.09 Å². The van der Waals surface area contributed by atoms with Crippen molar-refractivity contribution in [1.29, 1.82) is 0 Å². The van der Waals surface area contributed by atoms with E-state index in [1.54, 1.807) is 11.0 Å². The van der Waals surface area contributed by atoms with E-state index in [0.29, 0.717) is 13.1 Å². The van der Waals surface area contributed by atoms with Crippen LogP contribution in [0, 0.1) is 0 Å². The highest BCUT2D eigenvalue weighted by molar-refractivity contribution is 5.64. The van der Waals surface area contributed by atoms with Crippen LogP contribution in [0.4, 0.5) is 4.79 Å². The zero-order valence-corrected chi connectivity index (χ0v) is 7.57. The zero-order chi connectivity index (χ0) is 9.97. The van der Waals surface area contributed by atoms with Gasteiger partial charge in [0.2, 0.25) is 0 Å². The predicted molar refractivity (Wildman–Crippen MR) is 45.7 cm³/mol. The Hall–Kier alpha value is -1.66. The van der Waals surface area contributed by atoms with Gasteiger partial charge in [0.05, 0.1) is 6.04 Å². The Labute approximate surface area is 80.3 Å². The van der Waals surface area contributed by atoms with E-state index in [1.165, 1.54) is 4.90 Å². The molecule has 2 rings (SSSR count). The molecule has 0 saturated carbocycles. The Bertz CT molecular complexity index is 304. The van der Waals surface area contributed by atoms with Crippen molar-refractivity contribution in [2.24, 2.45) is 0 Å². The minimum absolute atomic E-state index is 0.237. The van der Waals surface area contributed by atoms with Crippen molar-refractivity contribution in [1.82, 2.24) is 25.1 Å².